The van der Waals surface area contributed by atoms with Crippen molar-refractivity contribution in [2.45, 2.75) is 13.5 Å². The van der Waals surface area contributed by atoms with Crippen LogP contribution in [0.4, 0.5) is 24.7 Å². The zero-order valence-corrected chi connectivity index (χ0v) is 18.5. The molecule has 1 saturated heterocycles. The Labute approximate surface area is 194 Å². The maximum atomic E-state index is 15.0. The second kappa shape index (κ2) is 9.32. The molecule has 176 valence electrons. The van der Waals surface area contributed by atoms with Gasteiger partial charge in [-0.25, -0.2) is 13.8 Å². The number of fused-ring (bicyclic) bond motifs is 1. The van der Waals surface area contributed by atoms with Crippen LogP contribution < -0.4 is 15.4 Å². The molecule has 0 aliphatic carbocycles. The normalized spacial score (nSPS) is 14.5. The number of hydrogen-bond donors (Lipinski definition) is 3. The number of benzene rings is 2. The van der Waals surface area contributed by atoms with Crippen LogP contribution in [0, 0.1) is 24.4 Å². The van der Waals surface area contributed by atoms with Gasteiger partial charge in [0.1, 0.15) is 6.33 Å². The number of anilines is 2. The van der Waals surface area contributed by atoms with Crippen molar-refractivity contribution in [1.29, 1.82) is 0 Å². The van der Waals surface area contributed by atoms with Crippen LogP contribution in [-0.4, -0.2) is 46.0 Å². The average molecular weight is 468 g/mol. The topological polar surface area (TPSA) is 78.1 Å². The van der Waals surface area contributed by atoms with Gasteiger partial charge in [0, 0.05) is 55.6 Å². The Morgan fingerprint density at radius 3 is 2.56 bits per heavy atom. The van der Waals surface area contributed by atoms with Gasteiger partial charge >= 0.3 is 0 Å². The molecule has 1 aliphatic rings. The third-order valence-electron chi connectivity index (χ3n) is 5.70. The van der Waals surface area contributed by atoms with Crippen molar-refractivity contribution in [3.05, 3.63) is 71.4 Å². The van der Waals surface area contributed by atoms with Crippen molar-refractivity contribution >= 4 is 22.4 Å². The quantitative estimate of drug-likeness (QED) is 0.383. The summed E-state index contributed by atoms with van der Waals surface area (Å²) in [5, 5.41) is 6.23. The van der Waals surface area contributed by atoms with Gasteiger partial charge < -0.3 is 20.4 Å². The van der Waals surface area contributed by atoms with E-state index in [1.54, 1.807) is 6.92 Å². The molecule has 0 saturated carbocycles. The highest BCUT2D eigenvalue weighted by molar-refractivity contribution is 5.83. The molecule has 4 aromatic rings. The highest BCUT2D eigenvalue weighted by Crippen LogP contribution is 2.34. The fourth-order valence-electron chi connectivity index (χ4n) is 3.98. The third kappa shape index (κ3) is 4.55. The molecule has 0 spiro atoms. The van der Waals surface area contributed by atoms with Gasteiger partial charge in [-0.1, -0.05) is 12.1 Å². The molecular formula is C24H23F3N6O. The Bertz CT molecular complexity index is 1320. The number of rotatable bonds is 6. The van der Waals surface area contributed by atoms with Gasteiger partial charge in [0.05, 0.1) is 5.52 Å². The number of nitrogens with zero attached hydrogens (tertiary/aromatic N) is 3. The summed E-state index contributed by atoms with van der Waals surface area (Å²) >= 11 is 0. The molecule has 0 bridgehead atoms. The minimum atomic E-state index is -0.919. The van der Waals surface area contributed by atoms with E-state index in [2.05, 4.69) is 30.5 Å². The van der Waals surface area contributed by atoms with Crippen molar-refractivity contribution in [3.8, 4) is 11.6 Å². The van der Waals surface area contributed by atoms with Gasteiger partial charge in [-0.15, -0.1) is 0 Å². The molecule has 7 nitrogen and oxygen atoms in total. The summed E-state index contributed by atoms with van der Waals surface area (Å²) in [7, 11) is 0. The van der Waals surface area contributed by atoms with Crippen LogP contribution in [0.25, 0.3) is 10.9 Å². The lowest BCUT2D eigenvalue weighted by molar-refractivity contribution is 0.233. The number of aromatic nitrogens is 3. The van der Waals surface area contributed by atoms with Crippen molar-refractivity contribution in [2.75, 3.05) is 31.5 Å². The second-order valence-electron chi connectivity index (χ2n) is 8.20. The summed E-state index contributed by atoms with van der Waals surface area (Å²) in [4.78, 5) is 12.8. The number of aryl methyl sites for hydroxylation is 1. The van der Waals surface area contributed by atoms with Crippen molar-refractivity contribution in [2.24, 2.45) is 0 Å². The van der Waals surface area contributed by atoms with Gasteiger partial charge in [0.2, 0.25) is 5.82 Å². The molecule has 2 aromatic carbocycles. The van der Waals surface area contributed by atoms with Crippen LogP contribution in [0.1, 0.15) is 11.3 Å². The van der Waals surface area contributed by atoms with Gasteiger partial charge in [0.15, 0.2) is 23.2 Å². The lowest BCUT2D eigenvalue weighted by Crippen LogP contribution is -2.42. The maximum Gasteiger partial charge on any atom is 0.261 e. The van der Waals surface area contributed by atoms with E-state index in [4.69, 9.17) is 4.74 Å². The molecular weight excluding hydrogens is 445 g/mol. The first kappa shape index (κ1) is 22.2. The Morgan fingerprint density at radius 1 is 1.03 bits per heavy atom. The van der Waals surface area contributed by atoms with Crippen LogP contribution in [0.2, 0.25) is 0 Å². The van der Waals surface area contributed by atoms with Gasteiger partial charge in [-0.05, 0) is 30.7 Å². The van der Waals surface area contributed by atoms with E-state index in [-0.39, 0.29) is 16.7 Å². The zero-order valence-electron chi connectivity index (χ0n) is 18.5. The average Bonchev–Trinajstić information content (AvgIpc) is 3.24. The fraction of sp³-hybridized carbons (Fsp3) is 0.250. The highest BCUT2D eigenvalue weighted by Gasteiger charge is 2.20. The predicted octanol–water partition coefficient (Wildman–Crippen LogP) is 4.62. The SMILES string of the molecule is Cc1cc2c(F)c(Oc3ncnc(Nc4ccc(CN5CCNCC5)cc4)c3F)cc(F)c2[nH]1. The third-order valence-corrected chi connectivity index (χ3v) is 5.70. The standard InChI is InChI=1S/C24H23F3N6O/c1-14-10-17-20(26)19(11-18(25)22(17)31-14)34-24-21(27)23(29-13-30-24)32-16-4-2-15(3-5-16)12-33-8-6-28-7-9-33/h2-5,10-11,13,28,31H,6-9,12H2,1H3,(H,29,30,32). The molecule has 1 fully saturated rings. The minimum absolute atomic E-state index is 0.0150. The lowest BCUT2D eigenvalue weighted by atomic mass is 10.2. The summed E-state index contributed by atoms with van der Waals surface area (Å²) in [5.41, 5.74) is 2.37. The van der Waals surface area contributed by atoms with E-state index < -0.39 is 29.1 Å². The maximum absolute atomic E-state index is 15.0. The first-order chi connectivity index (χ1) is 16.5. The number of piperazine rings is 1. The Kier molecular flexibility index (Phi) is 6.08. The van der Waals surface area contributed by atoms with Crippen LogP contribution in [0.5, 0.6) is 11.6 Å². The largest absolute Gasteiger partial charge is 0.433 e. The molecule has 0 amide bonds. The monoisotopic (exact) mass is 468 g/mol. The Balaban J connectivity index is 1.33. The second-order valence-corrected chi connectivity index (χ2v) is 8.20. The molecule has 0 radical (unpaired) electrons. The first-order valence-corrected chi connectivity index (χ1v) is 10.9. The summed E-state index contributed by atoms with van der Waals surface area (Å²) in [6.07, 6.45) is 1.09. The van der Waals surface area contributed by atoms with Crippen LogP contribution >= 0.6 is 0 Å². The molecule has 1 aliphatic heterocycles. The Morgan fingerprint density at radius 2 is 1.79 bits per heavy atom. The minimum Gasteiger partial charge on any atom is -0.433 e. The molecule has 0 atom stereocenters. The molecule has 5 rings (SSSR count). The van der Waals surface area contributed by atoms with E-state index in [9.17, 15) is 8.78 Å². The number of H-pyrrole nitrogens is 1. The number of nitrogens with one attached hydrogen (secondary N) is 3. The first-order valence-electron chi connectivity index (χ1n) is 10.9. The van der Waals surface area contributed by atoms with E-state index in [1.807, 2.05) is 24.3 Å². The predicted molar refractivity (Wildman–Crippen MR) is 123 cm³/mol. The number of hydrogen-bond acceptors (Lipinski definition) is 6. The van der Waals surface area contributed by atoms with Crippen LogP contribution in [-0.2, 0) is 6.54 Å². The molecule has 0 unspecified atom stereocenters. The van der Waals surface area contributed by atoms with Gasteiger partial charge in [-0.2, -0.15) is 9.37 Å². The molecule has 3 N–H and O–H groups in total. The van der Waals surface area contributed by atoms with Gasteiger partial charge in [-0.3, -0.25) is 4.90 Å². The van der Waals surface area contributed by atoms with Crippen molar-refractivity contribution < 1.29 is 17.9 Å². The summed E-state index contributed by atoms with van der Waals surface area (Å²) in [5.74, 6) is -3.57. The summed E-state index contributed by atoms with van der Waals surface area (Å²) in [6, 6.07) is 9.91. The molecule has 3 heterocycles. The van der Waals surface area contributed by atoms with Crippen LogP contribution in [0.15, 0.2) is 42.7 Å². The molecule has 10 heteroatoms. The molecule has 2 aromatic heterocycles. The number of halogens is 3. The number of aromatic amines is 1. The zero-order chi connectivity index (χ0) is 23.7. The van der Waals surface area contributed by atoms with Crippen molar-refractivity contribution in [3.63, 3.8) is 0 Å². The van der Waals surface area contributed by atoms with E-state index in [1.165, 1.54) is 6.07 Å². The summed E-state index contributed by atoms with van der Waals surface area (Å²) < 4.78 is 49.6. The Hall–Kier alpha value is -3.63. The smallest absolute Gasteiger partial charge is 0.261 e. The molecule has 34 heavy (non-hydrogen) atoms. The highest BCUT2D eigenvalue weighted by atomic mass is 19.1. The van der Waals surface area contributed by atoms with Crippen molar-refractivity contribution in [1.82, 2.24) is 25.2 Å². The lowest BCUT2D eigenvalue weighted by Gasteiger charge is -2.27. The van der Waals surface area contributed by atoms with E-state index >= 15 is 4.39 Å². The van der Waals surface area contributed by atoms with Gasteiger partial charge in [0.25, 0.3) is 5.88 Å². The van der Waals surface area contributed by atoms with E-state index in [0.29, 0.717) is 11.4 Å². The number of ether oxygens (including phenoxy) is 1. The van der Waals surface area contributed by atoms with Crippen LogP contribution in [0.3, 0.4) is 0 Å². The summed E-state index contributed by atoms with van der Waals surface area (Å²) in [6.45, 7) is 6.47. The fourth-order valence-corrected chi connectivity index (χ4v) is 3.98. The van der Waals surface area contributed by atoms with E-state index in [0.717, 1.165) is 50.7 Å².